The van der Waals surface area contributed by atoms with Crippen LogP contribution in [0.4, 0.5) is 16.2 Å². The number of amides is 1. The number of anilines is 2. The van der Waals surface area contributed by atoms with Gasteiger partial charge in [0.1, 0.15) is 6.33 Å². The number of likely N-dealkylation sites (N-methyl/N-ethyl adjacent to an activating group) is 1. The second kappa shape index (κ2) is 4.18. The quantitative estimate of drug-likeness (QED) is 0.707. The van der Waals surface area contributed by atoms with Crippen LogP contribution in [0.25, 0.3) is 0 Å². The van der Waals surface area contributed by atoms with Crippen molar-refractivity contribution in [3.63, 3.8) is 0 Å². The van der Waals surface area contributed by atoms with Gasteiger partial charge in [0.05, 0.1) is 11.4 Å². The second-order valence-corrected chi connectivity index (χ2v) is 4.31. The average Bonchev–Trinajstić information content (AvgIpc) is 2.93. The minimum atomic E-state index is -0.0620. The average molecular weight is 242 g/mol. The highest BCUT2D eigenvalue weighted by Crippen LogP contribution is 2.31. The predicted octanol–water partition coefficient (Wildman–Crippen LogP) is 1.81. The molecular formula is C13H14N4O. The fourth-order valence-corrected chi connectivity index (χ4v) is 2.22. The van der Waals surface area contributed by atoms with Gasteiger partial charge in [-0.2, -0.15) is 0 Å². The van der Waals surface area contributed by atoms with E-state index in [1.807, 2.05) is 31.3 Å². The van der Waals surface area contributed by atoms with Crippen LogP contribution in [0.1, 0.15) is 0 Å². The van der Waals surface area contributed by atoms with Crippen LogP contribution in [0.15, 0.2) is 43.0 Å². The van der Waals surface area contributed by atoms with Crippen molar-refractivity contribution in [2.75, 3.05) is 29.9 Å². The molecule has 2 aromatic rings. The van der Waals surface area contributed by atoms with Gasteiger partial charge in [-0.1, -0.05) is 12.1 Å². The summed E-state index contributed by atoms with van der Waals surface area (Å²) in [5, 5.41) is 0. The zero-order chi connectivity index (χ0) is 12.5. The van der Waals surface area contributed by atoms with Crippen LogP contribution >= 0.6 is 0 Å². The van der Waals surface area contributed by atoms with Gasteiger partial charge in [0.15, 0.2) is 0 Å². The first kappa shape index (κ1) is 10.8. The van der Waals surface area contributed by atoms with E-state index in [-0.39, 0.29) is 6.03 Å². The van der Waals surface area contributed by atoms with Crippen molar-refractivity contribution in [1.29, 1.82) is 0 Å². The molecule has 92 valence electrons. The molecule has 0 saturated carbocycles. The third-order valence-electron chi connectivity index (χ3n) is 3.20. The van der Waals surface area contributed by atoms with Crippen LogP contribution in [-0.2, 0) is 0 Å². The number of imidazole rings is 1. The molecule has 1 amide bonds. The lowest BCUT2D eigenvalue weighted by Crippen LogP contribution is -2.44. The Morgan fingerprint density at radius 3 is 2.72 bits per heavy atom. The number of carbonyl (C=O) groups is 1. The summed E-state index contributed by atoms with van der Waals surface area (Å²) < 4.78 is 1.50. The SMILES string of the molecule is CN1CCN(C(=O)n2ccnc2)c2ccccc21. The number of hydrogen-bond acceptors (Lipinski definition) is 3. The number of carbonyl (C=O) groups excluding carboxylic acids is 1. The Morgan fingerprint density at radius 1 is 1.22 bits per heavy atom. The Morgan fingerprint density at radius 2 is 2.00 bits per heavy atom. The Bertz CT molecular complexity index is 564. The van der Waals surface area contributed by atoms with Crippen LogP contribution in [0.5, 0.6) is 0 Å². The number of benzene rings is 1. The minimum absolute atomic E-state index is 0.0620. The van der Waals surface area contributed by atoms with Gasteiger partial charge in [-0.3, -0.25) is 9.47 Å². The van der Waals surface area contributed by atoms with Crippen LogP contribution in [0.3, 0.4) is 0 Å². The summed E-state index contributed by atoms with van der Waals surface area (Å²) in [4.78, 5) is 20.2. The maximum absolute atomic E-state index is 12.4. The molecule has 0 atom stereocenters. The highest BCUT2D eigenvalue weighted by Gasteiger charge is 2.25. The third kappa shape index (κ3) is 1.64. The summed E-state index contributed by atoms with van der Waals surface area (Å²) in [6, 6.07) is 7.88. The molecule has 1 aliphatic rings. The van der Waals surface area contributed by atoms with E-state index in [4.69, 9.17) is 0 Å². The van der Waals surface area contributed by atoms with Gasteiger partial charge >= 0.3 is 6.03 Å². The Labute approximate surface area is 105 Å². The summed E-state index contributed by atoms with van der Waals surface area (Å²) in [6.45, 7) is 1.52. The van der Waals surface area contributed by atoms with E-state index >= 15 is 0 Å². The molecule has 0 radical (unpaired) electrons. The number of hydrogen-bond donors (Lipinski definition) is 0. The number of fused-ring (bicyclic) bond motifs is 1. The van der Waals surface area contributed by atoms with Gasteiger partial charge in [-0.25, -0.2) is 9.78 Å². The molecule has 5 nitrogen and oxygen atoms in total. The monoisotopic (exact) mass is 242 g/mol. The molecule has 0 spiro atoms. The van der Waals surface area contributed by atoms with Crippen LogP contribution in [-0.4, -0.2) is 35.7 Å². The summed E-state index contributed by atoms with van der Waals surface area (Å²) in [5.74, 6) is 0. The molecular weight excluding hydrogens is 228 g/mol. The molecule has 0 N–H and O–H groups in total. The number of aromatic nitrogens is 2. The molecule has 0 aliphatic carbocycles. The van der Waals surface area contributed by atoms with E-state index < -0.39 is 0 Å². The van der Waals surface area contributed by atoms with E-state index in [9.17, 15) is 4.79 Å². The second-order valence-electron chi connectivity index (χ2n) is 4.31. The van der Waals surface area contributed by atoms with Gasteiger partial charge in [-0.05, 0) is 12.1 Å². The molecule has 2 heterocycles. The first-order chi connectivity index (χ1) is 8.77. The largest absolute Gasteiger partial charge is 0.371 e. The van der Waals surface area contributed by atoms with Crippen molar-refractivity contribution >= 4 is 17.4 Å². The zero-order valence-electron chi connectivity index (χ0n) is 10.2. The molecule has 0 fully saturated rings. The fraction of sp³-hybridized carbons (Fsp3) is 0.231. The lowest BCUT2D eigenvalue weighted by molar-refractivity contribution is 0.247. The highest BCUT2D eigenvalue weighted by atomic mass is 16.2. The predicted molar refractivity (Wildman–Crippen MR) is 70.1 cm³/mol. The molecule has 1 aromatic heterocycles. The van der Waals surface area contributed by atoms with Gasteiger partial charge < -0.3 is 4.90 Å². The maximum Gasteiger partial charge on any atom is 0.334 e. The number of para-hydroxylation sites is 2. The maximum atomic E-state index is 12.4. The van der Waals surface area contributed by atoms with Gasteiger partial charge in [0.25, 0.3) is 0 Å². The van der Waals surface area contributed by atoms with Crippen molar-refractivity contribution in [3.05, 3.63) is 43.0 Å². The fourth-order valence-electron chi connectivity index (χ4n) is 2.22. The van der Waals surface area contributed by atoms with Crippen molar-refractivity contribution in [2.45, 2.75) is 0 Å². The normalized spacial score (nSPS) is 14.5. The van der Waals surface area contributed by atoms with E-state index in [0.717, 1.165) is 17.9 Å². The Hall–Kier alpha value is -2.30. The van der Waals surface area contributed by atoms with Crippen LogP contribution in [0, 0.1) is 0 Å². The molecule has 3 rings (SSSR count). The van der Waals surface area contributed by atoms with E-state index in [2.05, 4.69) is 9.88 Å². The van der Waals surface area contributed by atoms with E-state index in [1.165, 1.54) is 10.9 Å². The van der Waals surface area contributed by atoms with Crippen LogP contribution < -0.4 is 9.80 Å². The van der Waals surface area contributed by atoms with Gasteiger partial charge in [-0.15, -0.1) is 0 Å². The standard InChI is InChI=1S/C13H14N4O/c1-15-8-9-17(12-5-3-2-4-11(12)15)13(18)16-7-6-14-10-16/h2-7,10H,8-9H2,1H3. The van der Waals surface area contributed by atoms with Crippen molar-refractivity contribution in [2.24, 2.45) is 0 Å². The molecule has 0 unspecified atom stereocenters. The molecule has 1 aromatic carbocycles. The van der Waals surface area contributed by atoms with Gasteiger partial charge in [0.2, 0.25) is 0 Å². The molecule has 0 bridgehead atoms. The summed E-state index contributed by atoms with van der Waals surface area (Å²) in [5.41, 5.74) is 2.03. The molecule has 1 aliphatic heterocycles. The zero-order valence-corrected chi connectivity index (χ0v) is 10.2. The van der Waals surface area contributed by atoms with Crippen LogP contribution in [0.2, 0.25) is 0 Å². The van der Waals surface area contributed by atoms with Crippen molar-refractivity contribution in [3.8, 4) is 0 Å². The summed E-state index contributed by atoms with van der Waals surface area (Å²) >= 11 is 0. The smallest absolute Gasteiger partial charge is 0.334 e. The third-order valence-corrected chi connectivity index (χ3v) is 3.20. The minimum Gasteiger partial charge on any atom is -0.371 e. The molecule has 5 heteroatoms. The summed E-state index contributed by atoms with van der Waals surface area (Å²) in [6.07, 6.45) is 4.81. The summed E-state index contributed by atoms with van der Waals surface area (Å²) in [7, 11) is 2.04. The first-order valence-corrected chi connectivity index (χ1v) is 5.87. The number of rotatable bonds is 0. The van der Waals surface area contributed by atoms with E-state index in [0.29, 0.717) is 6.54 Å². The van der Waals surface area contributed by atoms with Crippen molar-refractivity contribution < 1.29 is 4.79 Å². The number of nitrogens with zero attached hydrogens (tertiary/aromatic N) is 4. The Balaban J connectivity index is 2.00. The lowest BCUT2D eigenvalue weighted by atomic mass is 10.2. The van der Waals surface area contributed by atoms with E-state index in [1.54, 1.807) is 17.3 Å². The molecule has 0 saturated heterocycles. The highest BCUT2D eigenvalue weighted by molar-refractivity contribution is 5.97. The Kier molecular flexibility index (Phi) is 2.51. The topological polar surface area (TPSA) is 41.4 Å². The van der Waals surface area contributed by atoms with Crippen molar-refractivity contribution in [1.82, 2.24) is 9.55 Å². The lowest BCUT2D eigenvalue weighted by Gasteiger charge is -2.35. The first-order valence-electron chi connectivity index (χ1n) is 5.87. The van der Waals surface area contributed by atoms with Gasteiger partial charge in [0, 0.05) is 32.5 Å². The molecule has 18 heavy (non-hydrogen) atoms.